The number of rotatable bonds is 4. The summed E-state index contributed by atoms with van der Waals surface area (Å²) in [6, 6.07) is 9.25. The van der Waals surface area contributed by atoms with Gasteiger partial charge in [-0.15, -0.1) is 0 Å². The summed E-state index contributed by atoms with van der Waals surface area (Å²) in [6.45, 7) is 2.69. The fourth-order valence-corrected chi connectivity index (χ4v) is 2.72. The number of imidazole rings is 1. The molecular formula is C17H16F3N3. The highest BCUT2D eigenvalue weighted by atomic mass is 19.4. The van der Waals surface area contributed by atoms with Gasteiger partial charge >= 0.3 is 6.18 Å². The molecule has 3 rings (SSSR count). The highest BCUT2D eigenvalue weighted by Crippen LogP contribution is 2.33. The summed E-state index contributed by atoms with van der Waals surface area (Å²) >= 11 is 0. The monoisotopic (exact) mass is 319 g/mol. The minimum Gasteiger partial charge on any atom is -0.312 e. The van der Waals surface area contributed by atoms with Crippen LogP contribution in [0, 0.1) is 0 Å². The Morgan fingerprint density at radius 1 is 1.09 bits per heavy atom. The van der Waals surface area contributed by atoms with Gasteiger partial charge < -0.3 is 4.57 Å². The van der Waals surface area contributed by atoms with Crippen LogP contribution in [0.2, 0.25) is 0 Å². The van der Waals surface area contributed by atoms with Crippen molar-refractivity contribution >= 4 is 11.2 Å². The van der Waals surface area contributed by atoms with E-state index in [1.54, 1.807) is 18.3 Å². The third-order valence-electron chi connectivity index (χ3n) is 3.70. The van der Waals surface area contributed by atoms with E-state index in [-0.39, 0.29) is 12.0 Å². The Morgan fingerprint density at radius 2 is 1.87 bits per heavy atom. The number of alkyl halides is 3. The van der Waals surface area contributed by atoms with Crippen molar-refractivity contribution in [2.75, 3.05) is 0 Å². The summed E-state index contributed by atoms with van der Waals surface area (Å²) < 4.78 is 41.4. The molecule has 0 aliphatic rings. The van der Waals surface area contributed by atoms with Crippen molar-refractivity contribution in [2.24, 2.45) is 0 Å². The standard InChI is InChI=1S/C17H16F3N3/c1-2-10-23-15(22-14-8-5-9-21-16(14)23)11-12-6-3-4-7-13(12)17(18,19)20/h3-9H,2,10-11H2,1H3. The normalized spacial score (nSPS) is 12.0. The van der Waals surface area contributed by atoms with Crippen molar-refractivity contribution in [1.29, 1.82) is 0 Å². The minimum atomic E-state index is -4.36. The van der Waals surface area contributed by atoms with Gasteiger partial charge in [0.05, 0.1) is 5.56 Å². The van der Waals surface area contributed by atoms with Crippen LogP contribution >= 0.6 is 0 Å². The predicted molar refractivity (Wildman–Crippen MR) is 82.1 cm³/mol. The lowest BCUT2D eigenvalue weighted by Gasteiger charge is -2.13. The number of aryl methyl sites for hydroxylation is 1. The SMILES string of the molecule is CCCn1c(Cc2ccccc2C(F)(F)F)nc2cccnc21. The molecule has 0 saturated carbocycles. The molecule has 3 nitrogen and oxygen atoms in total. The number of halogens is 3. The third-order valence-corrected chi connectivity index (χ3v) is 3.70. The maximum atomic E-state index is 13.2. The van der Waals surface area contributed by atoms with Gasteiger partial charge in [-0.05, 0) is 30.2 Å². The molecule has 0 aliphatic heterocycles. The van der Waals surface area contributed by atoms with Crippen LogP contribution in [-0.2, 0) is 19.1 Å². The summed E-state index contributed by atoms with van der Waals surface area (Å²) in [6.07, 6.45) is -1.71. The van der Waals surface area contributed by atoms with Crippen LogP contribution in [0.15, 0.2) is 42.6 Å². The number of fused-ring (bicyclic) bond motifs is 1. The zero-order valence-electron chi connectivity index (χ0n) is 12.6. The van der Waals surface area contributed by atoms with Gasteiger partial charge in [-0.25, -0.2) is 9.97 Å². The molecule has 0 spiro atoms. The first-order valence-electron chi connectivity index (χ1n) is 7.46. The maximum Gasteiger partial charge on any atom is 0.416 e. The molecule has 0 radical (unpaired) electrons. The van der Waals surface area contributed by atoms with E-state index in [2.05, 4.69) is 9.97 Å². The zero-order chi connectivity index (χ0) is 16.4. The molecule has 120 valence electrons. The number of hydrogen-bond donors (Lipinski definition) is 0. The van der Waals surface area contributed by atoms with Gasteiger partial charge in [0.1, 0.15) is 11.3 Å². The molecule has 0 fully saturated rings. The number of hydrogen-bond acceptors (Lipinski definition) is 2. The van der Waals surface area contributed by atoms with Gasteiger partial charge in [-0.1, -0.05) is 25.1 Å². The lowest BCUT2D eigenvalue weighted by Crippen LogP contribution is -2.11. The first kappa shape index (κ1) is 15.5. The fourth-order valence-electron chi connectivity index (χ4n) is 2.72. The second kappa shape index (κ2) is 6.02. The molecule has 2 aromatic heterocycles. The van der Waals surface area contributed by atoms with Crippen LogP contribution in [0.1, 0.15) is 30.3 Å². The van der Waals surface area contributed by atoms with E-state index in [1.165, 1.54) is 12.1 Å². The van der Waals surface area contributed by atoms with E-state index >= 15 is 0 Å². The minimum absolute atomic E-state index is 0.131. The topological polar surface area (TPSA) is 30.7 Å². The Morgan fingerprint density at radius 3 is 2.61 bits per heavy atom. The van der Waals surface area contributed by atoms with Crippen LogP contribution in [0.4, 0.5) is 13.2 Å². The van der Waals surface area contributed by atoms with Gasteiger partial charge in [0.15, 0.2) is 5.65 Å². The Labute approximate surface area is 131 Å². The molecular weight excluding hydrogens is 303 g/mol. The molecule has 0 amide bonds. The highest BCUT2D eigenvalue weighted by Gasteiger charge is 2.33. The Balaban J connectivity index is 2.07. The molecule has 3 aromatic rings. The van der Waals surface area contributed by atoms with Crippen LogP contribution in [0.25, 0.3) is 11.2 Å². The van der Waals surface area contributed by atoms with E-state index in [9.17, 15) is 13.2 Å². The lowest BCUT2D eigenvalue weighted by atomic mass is 10.0. The summed E-state index contributed by atoms with van der Waals surface area (Å²) in [5, 5.41) is 0. The van der Waals surface area contributed by atoms with Gasteiger partial charge in [0, 0.05) is 19.2 Å². The van der Waals surface area contributed by atoms with Crippen molar-refractivity contribution in [3.8, 4) is 0 Å². The molecule has 0 bridgehead atoms. The van der Waals surface area contributed by atoms with Crippen molar-refractivity contribution in [1.82, 2.24) is 14.5 Å². The molecule has 0 aliphatic carbocycles. The number of aromatic nitrogens is 3. The number of benzene rings is 1. The molecule has 1 aromatic carbocycles. The van der Waals surface area contributed by atoms with Crippen molar-refractivity contribution in [3.63, 3.8) is 0 Å². The van der Waals surface area contributed by atoms with Gasteiger partial charge in [-0.3, -0.25) is 0 Å². The maximum absolute atomic E-state index is 13.2. The average molecular weight is 319 g/mol. The second-order valence-electron chi connectivity index (χ2n) is 5.36. The Kier molecular flexibility index (Phi) is 4.07. The number of nitrogens with zero attached hydrogens (tertiary/aromatic N) is 3. The first-order chi connectivity index (χ1) is 11.0. The van der Waals surface area contributed by atoms with E-state index in [0.717, 1.165) is 12.5 Å². The second-order valence-corrected chi connectivity index (χ2v) is 5.36. The van der Waals surface area contributed by atoms with E-state index in [0.29, 0.717) is 23.5 Å². The van der Waals surface area contributed by atoms with Crippen LogP contribution in [-0.4, -0.2) is 14.5 Å². The van der Waals surface area contributed by atoms with Crippen molar-refractivity contribution in [3.05, 3.63) is 59.5 Å². The van der Waals surface area contributed by atoms with Gasteiger partial charge in [0.2, 0.25) is 0 Å². The fraction of sp³-hybridized carbons (Fsp3) is 0.294. The smallest absolute Gasteiger partial charge is 0.312 e. The predicted octanol–water partition coefficient (Wildman–Crippen LogP) is 4.45. The van der Waals surface area contributed by atoms with Gasteiger partial charge in [-0.2, -0.15) is 13.2 Å². The Bertz CT molecular complexity index is 821. The van der Waals surface area contributed by atoms with Crippen LogP contribution in [0.3, 0.4) is 0 Å². The van der Waals surface area contributed by atoms with E-state index < -0.39 is 11.7 Å². The summed E-state index contributed by atoms with van der Waals surface area (Å²) in [5.41, 5.74) is 1.05. The average Bonchev–Trinajstić information content (AvgIpc) is 2.85. The zero-order valence-corrected chi connectivity index (χ0v) is 12.6. The molecule has 6 heteroatoms. The summed E-state index contributed by atoms with van der Waals surface area (Å²) in [4.78, 5) is 8.79. The molecule has 0 unspecified atom stereocenters. The Hall–Kier alpha value is -2.37. The number of pyridine rings is 1. The molecule has 23 heavy (non-hydrogen) atoms. The summed E-state index contributed by atoms with van der Waals surface area (Å²) in [7, 11) is 0. The van der Waals surface area contributed by atoms with Crippen LogP contribution in [0.5, 0.6) is 0 Å². The van der Waals surface area contributed by atoms with E-state index in [1.807, 2.05) is 17.6 Å². The molecule has 0 saturated heterocycles. The van der Waals surface area contributed by atoms with Crippen molar-refractivity contribution < 1.29 is 13.2 Å². The van der Waals surface area contributed by atoms with Crippen LogP contribution < -0.4 is 0 Å². The molecule has 0 N–H and O–H groups in total. The summed E-state index contributed by atoms with van der Waals surface area (Å²) in [5.74, 6) is 0.609. The third kappa shape index (κ3) is 3.06. The molecule has 2 heterocycles. The molecule has 0 atom stereocenters. The quantitative estimate of drug-likeness (QED) is 0.711. The largest absolute Gasteiger partial charge is 0.416 e. The first-order valence-corrected chi connectivity index (χ1v) is 7.46. The van der Waals surface area contributed by atoms with Gasteiger partial charge in [0.25, 0.3) is 0 Å². The lowest BCUT2D eigenvalue weighted by molar-refractivity contribution is -0.138. The highest BCUT2D eigenvalue weighted by molar-refractivity contribution is 5.71. The van der Waals surface area contributed by atoms with Crippen molar-refractivity contribution in [2.45, 2.75) is 32.5 Å². The van der Waals surface area contributed by atoms with E-state index in [4.69, 9.17) is 0 Å².